The molecule has 0 aromatic heterocycles. The van der Waals surface area contributed by atoms with E-state index in [1.54, 1.807) is 6.07 Å². The van der Waals surface area contributed by atoms with E-state index in [1.807, 2.05) is 19.1 Å². The topological polar surface area (TPSA) is 44.0 Å². The first-order chi connectivity index (χ1) is 6.67. The third-order valence-corrected chi connectivity index (χ3v) is 3.29. The summed E-state index contributed by atoms with van der Waals surface area (Å²) in [6.45, 7) is 2.04. The van der Waals surface area contributed by atoms with Gasteiger partial charge in [-0.2, -0.15) is 5.26 Å². The van der Waals surface area contributed by atoms with Crippen molar-refractivity contribution in [2.45, 2.75) is 17.1 Å². The number of aliphatic hydroxyl groups is 1. The van der Waals surface area contributed by atoms with Crippen molar-refractivity contribution in [1.29, 1.82) is 5.26 Å². The monoisotopic (exact) mass is 271 g/mol. The number of hydrogen-bond acceptors (Lipinski definition) is 3. The molecule has 4 heteroatoms. The van der Waals surface area contributed by atoms with Crippen molar-refractivity contribution in [1.82, 2.24) is 0 Å². The molecule has 1 aromatic carbocycles. The van der Waals surface area contributed by atoms with Gasteiger partial charge in [0.15, 0.2) is 0 Å². The SMILES string of the molecule is CC(CO)Sc1cc(Br)ccc1C#N. The van der Waals surface area contributed by atoms with E-state index in [0.717, 1.165) is 9.37 Å². The second-order valence-corrected chi connectivity index (χ2v) is 5.26. The van der Waals surface area contributed by atoms with Crippen LogP contribution in [0.1, 0.15) is 12.5 Å². The minimum atomic E-state index is 0.108. The zero-order chi connectivity index (χ0) is 10.6. The van der Waals surface area contributed by atoms with Crippen molar-refractivity contribution >= 4 is 27.7 Å². The van der Waals surface area contributed by atoms with Gasteiger partial charge in [-0.25, -0.2) is 0 Å². The van der Waals surface area contributed by atoms with Crippen LogP contribution in [0.5, 0.6) is 0 Å². The van der Waals surface area contributed by atoms with Crippen LogP contribution >= 0.6 is 27.7 Å². The summed E-state index contributed by atoms with van der Waals surface area (Å²) in [4.78, 5) is 0.906. The molecule has 0 amide bonds. The number of benzene rings is 1. The van der Waals surface area contributed by atoms with Crippen LogP contribution in [0.2, 0.25) is 0 Å². The quantitative estimate of drug-likeness (QED) is 0.860. The Hall–Kier alpha value is -0.500. The van der Waals surface area contributed by atoms with Gasteiger partial charge in [-0.1, -0.05) is 22.9 Å². The zero-order valence-corrected chi connectivity index (χ0v) is 10.1. The largest absolute Gasteiger partial charge is 0.395 e. The molecule has 0 heterocycles. The van der Waals surface area contributed by atoms with Crippen molar-refractivity contribution in [3.8, 4) is 6.07 Å². The summed E-state index contributed by atoms with van der Waals surface area (Å²) >= 11 is 4.86. The summed E-state index contributed by atoms with van der Waals surface area (Å²) in [6.07, 6.45) is 0. The maximum Gasteiger partial charge on any atom is 0.100 e. The molecule has 74 valence electrons. The summed E-state index contributed by atoms with van der Waals surface area (Å²) in [5.74, 6) is 0. The van der Waals surface area contributed by atoms with E-state index in [2.05, 4.69) is 22.0 Å². The normalized spacial score (nSPS) is 12.1. The van der Waals surface area contributed by atoms with E-state index in [1.165, 1.54) is 11.8 Å². The Morgan fingerprint density at radius 2 is 2.36 bits per heavy atom. The molecule has 0 aliphatic heterocycles. The molecule has 0 bridgehead atoms. The molecule has 1 aromatic rings. The first-order valence-corrected chi connectivity index (χ1v) is 5.81. The molecule has 0 saturated heterocycles. The average molecular weight is 272 g/mol. The van der Waals surface area contributed by atoms with Gasteiger partial charge in [-0.15, -0.1) is 11.8 Å². The molecule has 0 saturated carbocycles. The lowest BCUT2D eigenvalue weighted by Gasteiger charge is -2.09. The predicted octanol–water partition coefficient (Wildman–Crippen LogP) is 2.79. The summed E-state index contributed by atoms with van der Waals surface area (Å²) in [6, 6.07) is 7.64. The van der Waals surface area contributed by atoms with Crippen LogP contribution in [0, 0.1) is 11.3 Å². The van der Waals surface area contributed by atoms with E-state index in [9.17, 15) is 0 Å². The number of nitriles is 1. The van der Waals surface area contributed by atoms with Gasteiger partial charge >= 0.3 is 0 Å². The smallest absolute Gasteiger partial charge is 0.100 e. The molecule has 1 N–H and O–H groups in total. The lowest BCUT2D eigenvalue weighted by Crippen LogP contribution is -2.02. The molecule has 2 nitrogen and oxygen atoms in total. The summed E-state index contributed by atoms with van der Waals surface area (Å²) in [5, 5.41) is 17.9. The van der Waals surface area contributed by atoms with E-state index < -0.39 is 0 Å². The highest BCUT2D eigenvalue weighted by atomic mass is 79.9. The number of halogens is 1. The number of aliphatic hydroxyl groups excluding tert-OH is 1. The molecule has 0 fully saturated rings. The Balaban J connectivity index is 2.94. The van der Waals surface area contributed by atoms with E-state index >= 15 is 0 Å². The highest BCUT2D eigenvalue weighted by molar-refractivity contribution is 9.10. The molecule has 0 aliphatic rings. The van der Waals surface area contributed by atoms with Crippen LogP contribution in [0.15, 0.2) is 27.6 Å². The average Bonchev–Trinajstić information content (AvgIpc) is 2.18. The fourth-order valence-corrected chi connectivity index (χ4v) is 2.40. The van der Waals surface area contributed by atoms with Crippen LogP contribution in [0.4, 0.5) is 0 Å². The fraction of sp³-hybridized carbons (Fsp3) is 0.300. The van der Waals surface area contributed by atoms with Crippen LogP contribution in [-0.2, 0) is 0 Å². The van der Waals surface area contributed by atoms with Crippen molar-refractivity contribution in [3.05, 3.63) is 28.2 Å². The molecule has 14 heavy (non-hydrogen) atoms. The fourth-order valence-electron chi connectivity index (χ4n) is 0.940. The van der Waals surface area contributed by atoms with Gasteiger partial charge in [-0.05, 0) is 18.2 Å². The number of hydrogen-bond donors (Lipinski definition) is 1. The minimum Gasteiger partial charge on any atom is -0.395 e. The molecule has 0 radical (unpaired) electrons. The Morgan fingerprint density at radius 3 is 2.93 bits per heavy atom. The molecule has 1 atom stereocenters. The van der Waals surface area contributed by atoms with Crippen LogP contribution in [0.25, 0.3) is 0 Å². The molecule has 1 rings (SSSR count). The second-order valence-electron chi connectivity index (χ2n) is 2.86. The summed E-state index contributed by atoms with van der Waals surface area (Å²) in [7, 11) is 0. The third kappa shape index (κ3) is 3.02. The predicted molar refractivity (Wildman–Crippen MR) is 61.3 cm³/mol. The van der Waals surface area contributed by atoms with E-state index in [4.69, 9.17) is 10.4 Å². The summed E-state index contributed by atoms with van der Waals surface area (Å²) in [5.41, 5.74) is 0.651. The third-order valence-electron chi connectivity index (χ3n) is 1.65. The van der Waals surface area contributed by atoms with E-state index in [-0.39, 0.29) is 11.9 Å². The minimum absolute atomic E-state index is 0.108. The van der Waals surface area contributed by atoms with Crippen molar-refractivity contribution in [3.63, 3.8) is 0 Å². The van der Waals surface area contributed by atoms with Crippen LogP contribution < -0.4 is 0 Å². The van der Waals surface area contributed by atoms with Gasteiger partial charge in [0, 0.05) is 14.6 Å². The highest BCUT2D eigenvalue weighted by Gasteiger charge is 2.07. The Morgan fingerprint density at radius 1 is 1.64 bits per heavy atom. The Labute approximate surface area is 96.1 Å². The molecule has 0 spiro atoms. The standard InChI is InChI=1S/C10H10BrNOS/c1-7(6-13)14-10-4-9(11)3-2-8(10)5-12/h2-4,7,13H,6H2,1H3. The first kappa shape index (κ1) is 11.6. The van der Waals surface area contributed by atoms with Gasteiger partial charge < -0.3 is 5.11 Å². The zero-order valence-electron chi connectivity index (χ0n) is 7.70. The molecular formula is C10H10BrNOS. The Bertz CT molecular complexity index is 362. The van der Waals surface area contributed by atoms with Gasteiger partial charge in [0.1, 0.15) is 6.07 Å². The van der Waals surface area contributed by atoms with Crippen molar-refractivity contribution in [2.24, 2.45) is 0 Å². The second kappa shape index (κ2) is 5.40. The molecular weight excluding hydrogens is 262 g/mol. The van der Waals surface area contributed by atoms with Crippen molar-refractivity contribution < 1.29 is 5.11 Å². The number of rotatable bonds is 3. The van der Waals surface area contributed by atoms with Gasteiger partial charge in [0.2, 0.25) is 0 Å². The van der Waals surface area contributed by atoms with Crippen molar-refractivity contribution in [2.75, 3.05) is 6.61 Å². The maximum absolute atomic E-state index is 8.91. The van der Waals surface area contributed by atoms with Gasteiger partial charge in [-0.3, -0.25) is 0 Å². The molecule has 0 aliphatic carbocycles. The lowest BCUT2D eigenvalue weighted by molar-refractivity contribution is 0.300. The highest BCUT2D eigenvalue weighted by Crippen LogP contribution is 2.29. The molecule has 1 unspecified atom stereocenters. The van der Waals surface area contributed by atoms with Crippen LogP contribution in [0.3, 0.4) is 0 Å². The number of nitrogens with zero attached hydrogens (tertiary/aromatic N) is 1. The Kier molecular flexibility index (Phi) is 4.46. The number of thioether (sulfide) groups is 1. The first-order valence-electron chi connectivity index (χ1n) is 4.14. The van der Waals surface area contributed by atoms with Gasteiger partial charge in [0.25, 0.3) is 0 Å². The van der Waals surface area contributed by atoms with Crippen LogP contribution in [-0.4, -0.2) is 17.0 Å². The lowest BCUT2D eigenvalue weighted by atomic mass is 10.2. The maximum atomic E-state index is 8.91. The van der Waals surface area contributed by atoms with E-state index in [0.29, 0.717) is 5.56 Å². The van der Waals surface area contributed by atoms with Gasteiger partial charge in [0.05, 0.1) is 12.2 Å². The summed E-state index contributed by atoms with van der Waals surface area (Å²) < 4.78 is 0.948.